The normalized spacial score (nSPS) is 9.69. The van der Waals surface area contributed by atoms with E-state index in [9.17, 15) is 4.79 Å². The minimum absolute atomic E-state index is 0.0283. The summed E-state index contributed by atoms with van der Waals surface area (Å²) in [5, 5.41) is 0.944. The van der Waals surface area contributed by atoms with E-state index in [1.165, 1.54) is 0 Å². The second kappa shape index (κ2) is 4.45. The topological polar surface area (TPSA) is 17.1 Å². The highest BCUT2D eigenvalue weighted by Gasteiger charge is 2.05. The molecule has 1 aromatic rings. The smallest absolute Gasteiger partial charge is 0.166 e. The molecule has 0 saturated heterocycles. The summed E-state index contributed by atoms with van der Waals surface area (Å²) in [6.45, 7) is 3.48. The zero-order valence-corrected chi connectivity index (χ0v) is 8.40. The van der Waals surface area contributed by atoms with Crippen molar-refractivity contribution in [2.45, 2.75) is 6.42 Å². The fourth-order valence-electron chi connectivity index (χ4n) is 0.964. The van der Waals surface area contributed by atoms with E-state index >= 15 is 0 Å². The largest absolute Gasteiger partial charge is 0.294 e. The van der Waals surface area contributed by atoms with Crippen molar-refractivity contribution >= 4 is 29.0 Å². The van der Waals surface area contributed by atoms with Crippen molar-refractivity contribution in [2.75, 3.05) is 0 Å². The number of halogens is 2. The van der Waals surface area contributed by atoms with Crippen LogP contribution in [0.25, 0.3) is 0 Å². The molecule has 3 heteroatoms. The molecule has 0 spiro atoms. The predicted octanol–water partition coefficient (Wildman–Crippen LogP) is 3.75. The molecule has 1 aromatic carbocycles. The van der Waals surface area contributed by atoms with Crippen molar-refractivity contribution in [3.63, 3.8) is 0 Å². The Hall–Kier alpha value is -0.790. The van der Waals surface area contributed by atoms with Crippen LogP contribution in [-0.4, -0.2) is 5.78 Å². The minimum atomic E-state index is -0.0283. The lowest BCUT2D eigenvalue weighted by Gasteiger charge is -1.99. The molecule has 0 bridgehead atoms. The number of Topliss-reactive ketones (excluding diaryl/α,β-unsaturated/α-hetero) is 1. The molecule has 0 atom stereocenters. The second-order valence-electron chi connectivity index (χ2n) is 2.57. The highest BCUT2D eigenvalue weighted by Crippen LogP contribution is 2.19. The van der Waals surface area contributed by atoms with E-state index in [4.69, 9.17) is 23.2 Å². The monoisotopic (exact) mass is 214 g/mol. The third-order valence-corrected chi connectivity index (χ3v) is 1.95. The summed E-state index contributed by atoms with van der Waals surface area (Å²) in [7, 11) is 0. The van der Waals surface area contributed by atoms with Gasteiger partial charge in [0, 0.05) is 22.0 Å². The van der Waals surface area contributed by atoms with E-state index in [0.717, 1.165) is 0 Å². The van der Waals surface area contributed by atoms with Gasteiger partial charge in [-0.2, -0.15) is 0 Å². The van der Waals surface area contributed by atoms with Crippen molar-refractivity contribution in [2.24, 2.45) is 0 Å². The summed E-state index contributed by atoms with van der Waals surface area (Å²) in [5.41, 5.74) is 0.525. The fourth-order valence-corrected chi connectivity index (χ4v) is 1.49. The van der Waals surface area contributed by atoms with E-state index in [0.29, 0.717) is 22.0 Å². The van der Waals surface area contributed by atoms with Gasteiger partial charge in [-0.05, 0) is 18.2 Å². The van der Waals surface area contributed by atoms with Crippen molar-refractivity contribution in [3.05, 3.63) is 46.5 Å². The van der Waals surface area contributed by atoms with E-state index in [-0.39, 0.29) is 5.78 Å². The van der Waals surface area contributed by atoms with Gasteiger partial charge in [0.2, 0.25) is 0 Å². The van der Waals surface area contributed by atoms with Gasteiger partial charge in [-0.25, -0.2) is 0 Å². The molecular formula is C10H8Cl2O. The number of carbonyl (C=O) groups is 1. The SMILES string of the molecule is C=CCC(=O)c1cc(Cl)cc(Cl)c1. The molecule has 13 heavy (non-hydrogen) atoms. The maximum absolute atomic E-state index is 11.4. The molecule has 0 radical (unpaired) electrons. The van der Waals surface area contributed by atoms with Gasteiger partial charge in [0.25, 0.3) is 0 Å². The van der Waals surface area contributed by atoms with Gasteiger partial charge < -0.3 is 0 Å². The zero-order chi connectivity index (χ0) is 9.84. The van der Waals surface area contributed by atoms with Crippen LogP contribution in [0.15, 0.2) is 30.9 Å². The lowest BCUT2D eigenvalue weighted by atomic mass is 10.1. The van der Waals surface area contributed by atoms with Crippen LogP contribution >= 0.6 is 23.2 Å². The van der Waals surface area contributed by atoms with Crippen LogP contribution < -0.4 is 0 Å². The summed E-state index contributed by atoms with van der Waals surface area (Å²) in [6.07, 6.45) is 1.85. The van der Waals surface area contributed by atoms with Crippen LogP contribution in [0.3, 0.4) is 0 Å². The van der Waals surface area contributed by atoms with E-state index in [2.05, 4.69) is 6.58 Å². The lowest BCUT2D eigenvalue weighted by molar-refractivity contribution is 0.0996. The van der Waals surface area contributed by atoms with Crippen LogP contribution in [0, 0.1) is 0 Å². The van der Waals surface area contributed by atoms with Gasteiger partial charge in [-0.3, -0.25) is 4.79 Å². The fraction of sp³-hybridized carbons (Fsp3) is 0.100. The number of benzene rings is 1. The first-order chi connectivity index (χ1) is 6.13. The molecule has 0 unspecified atom stereocenters. The number of carbonyl (C=O) groups excluding carboxylic acids is 1. The van der Waals surface area contributed by atoms with Crippen LogP contribution in [0.1, 0.15) is 16.8 Å². The van der Waals surface area contributed by atoms with Crippen molar-refractivity contribution < 1.29 is 4.79 Å². The first-order valence-corrected chi connectivity index (χ1v) is 4.49. The van der Waals surface area contributed by atoms with Crippen LogP contribution in [0.5, 0.6) is 0 Å². The summed E-state index contributed by atoms with van der Waals surface area (Å²) >= 11 is 11.5. The van der Waals surface area contributed by atoms with E-state index in [1.807, 2.05) is 0 Å². The Bertz CT molecular complexity index is 325. The number of hydrogen-bond donors (Lipinski definition) is 0. The van der Waals surface area contributed by atoms with E-state index in [1.54, 1.807) is 24.3 Å². The molecule has 0 fully saturated rings. The third kappa shape index (κ3) is 2.87. The van der Waals surface area contributed by atoms with Crippen LogP contribution in [0.4, 0.5) is 0 Å². The molecule has 0 aromatic heterocycles. The highest BCUT2D eigenvalue weighted by atomic mass is 35.5. The summed E-state index contributed by atoms with van der Waals surface area (Å²) in [6, 6.07) is 4.78. The number of allylic oxidation sites excluding steroid dienone is 1. The molecule has 0 aliphatic rings. The maximum atomic E-state index is 11.4. The van der Waals surface area contributed by atoms with Crippen molar-refractivity contribution in [3.8, 4) is 0 Å². The highest BCUT2D eigenvalue weighted by molar-refractivity contribution is 6.35. The molecule has 0 saturated carbocycles. The molecule has 0 aliphatic heterocycles. The number of rotatable bonds is 3. The van der Waals surface area contributed by atoms with Gasteiger partial charge in [0.05, 0.1) is 0 Å². The molecule has 0 heterocycles. The third-order valence-electron chi connectivity index (χ3n) is 1.51. The zero-order valence-electron chi connectivity index (χ0n) is 6.89. The molecule has 0 N–H and O–H groups in total. The predicted molar refractivity (Wildman–Crippen MR) is 55.6 cm³/mol. The Morgan fingerprint density at radius 3 is 2.31 bits per heavy atom. The maximum Gasteiger partial charge on any atom is 0.166 e. The van der Waals surface area contributed by atoms with Gasteiger partial charge >= 0.3 is 0 Å². The van der Waals surface area contributed by atoms with Gasteiger partial charge in [-0.15, -0.1) is 6.58 Å². The average molecular weight is 215 g/mol. The summed E-state index contributed by atoms with van der Waals surface area (Å²) in [5.74, 6) is -0.0283. The van der Waals surface area contributed by atoms with Crippen molar-refractivity contribution in [1.82, 2.24) is 0 Å². The molecule has 1 nitrogen and oxygen atoms in total. The van der Waals surface area contributed by atoms with Gasteiger partial charge in [-0.1, -0.05) is 29.3 Å². The minimum Gasteiger partial charge on any atom is -0.294 e. The Labute approximate surface area is 87.0 Å². The molecule has 0 aliphatic carbocycles. The van der Waals surface area contributed by atoms with Crippen LogP contribution in [0.2, 0.25) is 10.0 Å². The second-order valence-corrected chi connectivity index (χ2v) is 3.45. The first-order valence-electron chi connectivity index (χ1n) is 3.73. The Morgan fingerprint density at radius 1 is 1.31 bits per heavy atom. The molecule has 0 amide bonds. The van der Waals surface area contributed by atoms with Crippen molar-refractivity contribution in [1.29, 1.82) is 0 Å². The Morgan fingerprint density at radius 2 is 1.85 bits per heavy atom. The standard InChI is InChI=1S/C10H8Cl2O/c1-2-3-10(13)7-4-8(11)6-9(12)5-7/h2,4-6H,1,3H2. The lowest BCUT2D eigenvalue weighted by Crippen LogP contribution is -1.96. The Balaban J connectivity index is 3.00. The number of hydrogen-bond acceptors (Lipinski definition) is 1. The quantitative estimate of drug-likeness (QED) is 0.554. The first kappa shape index (κ1) is 10.3. The van der Waals surface area contributed by atoms with E-state index < -0.39 is 0 Å². The molecule has 68 valence electrons. The van der Waals surface area contributed by atoms with Gasteiger partial charge in [0.15, 0.2) is 5.78 Å². The summed E-state index contributed by atoms with van der Waals surface area (Å²) in [4.78, 5) is 11.4. The number of ketones is 1. The molecule has 1 rings (SSSR count). The van der Waals surface area contributed by atoms with Gasteiger partial charge in [0.1, 0.15) is 0 Å². The average Bonchev–Trinajstić information content (AvgIpc) is 2.03. The molecular weight excluding hydrogens is 207 g/mol. The Kier molecular flexibility index (Phi) is 3.52. The van der Waals surface area contributed by atoms with Crippen LogP contribution in [-0.2, 0) is 0 Å². The summed E-state index contributed by atoms with van der Waals surface area (Å²) < 4.78 is 0.